The fraction of sp³-hybridized carbons (Fsp3) is 0.476. The number of benzene rings is 1. The van der Waals surface area contributed by atoms with Gasteiger partial charge in [-0.1, -0.05) is 32.6 Å². The fourth-order valence-electron chi connectivity index (χ4n) is 3.07. The molecule has 1 aromatic carbocycles. The van der Waals surface area contributed by atoms with Gasteiger partial charge < -0.3 is 14.8 Å². The Morgan fingerprint density at radius 1 is 1.19 bits per heavy atom. The topological polar surface area (TPSA) is 67.2 Å². The van der Waals surface area contributed by atoms with Gasteiger partial charge in [-0.25, -0.2) is 4.98 Å². The first-order valence-corrected chi connectivity index (χ1v) is 9.63. The van der Waals surface area contributed by atoms with Gasteiger partial charge in [0.15, 0.2) is 0 Å². The van der Waals surface area contributed by atoms with Crippen LogP contribution in [0.15, 0.2) is 36.4 Å². The highest BCUT2D eigenvalue weighted by atomic mass is 16.2. The average Bonchev–Trinajstić information content (AvgIpc) is 2.99. The Bertz CT molecular complexity index is 804. The van der Waals surface area contributed by atoms with Gasteiger partial charge in [-0.05, 0) is 31.9 Å². The Hall–Kier alpha value is -2.63. The minimum absolute atomic E-state index is 0.106. The molecule has 0 saturated heterocycles. The van der Waals surface area contributed by atoms with Crippen molar-refractivity contribution in [2.24, 2.45) is 0 Å². The highest BCUT2D eigenvalue weighted by Crippen LogP contribution is 2.17. The van der Waals surface area contributed by atoms with Gasteiger partial charge in [-0.15, -0.1) is 0 Å². The van der Waals surface area contributed by atoms with Crippen LogP contribution in [0.2, 0.25) is 0 Å². The van der Waals surface area contributed by atoms with E-state index in [0.717, 1.165) is 42.8 Å². The number of fused-ring (bicyclic) bond motifs is 1. The molecule has 1 N–H and O–H groups in total. The molecule has 0 bridgehead atoms. The summed E-state index contributed by atoms with van der Waals surface area (Å²) in [6.07, 6.45) is 2.44. The Kier molecular flexibility index (Phi) is 7.58. The van der Waals surface area contributed by atoms with Gasteiger partial charge in [0.1, 0.15) is 12.4 Å². The van der Waals surface area contributed by atoms with Gasteiger partial charge in [0.05, 0.1) is 11.0 Å². The summed E-state index contributed by atoms with van der Waals surface area (Å²) >= 11 is 0. The molecule has 0 unspecified atom stereocenters. The first kappa shape index (κ1) is 20.7. The summed E-state index contributed by atoms with van der Waals surface area (Å²) in [6.45, 7) is 11.7. The van der Waals surface area contributed by atoms with E-state index < -0.39 is 0 Å². The van der Waals surface area contributed by atoms with Crippen LogP contribution in [0.25, 0.3) is 11.0 Å². The Labute approximate surface area is 161 Å². The third-order valence-corrected chi connectivity index (χ3v) is 4.39. The average molecular weight is 370 g/mol. The molecule has 6 nitrogen and oxygen atoms in total. The van der Waals surface area contributed by atoms with Gasteiger partial charge >= 0.3 is 0 Å². The molecule has 0 spiro atoms. The molecule has 27 heavy (non-hydrogen) atoms. The molecule has 2 amide bonds. The van der Waals surface area contributed by atoms with Crippen molar-refractivity contribution in [2.75, 3.05) is 19.6 Å². The number of aromatic nitrogens is 2. The molecule has 0 atom stereocenters. The number of nitrogens with one attached hydrogen (secondary N) is 1. The van der Waals surface area contributed by atoms with Crippen molar-refractivity contribution >= 4 is 22.8 Å². The van der Waals surface area contributed by atoms with E-state index >= 15 is 0 Å². The van der Waals surface area contributed by atoms with Crippen LogP contribution in [0, 0.1) is 0 Å². The zero-order valence-electron chi connectivity index (χ0n) is 16.6. The van der Waals surface area contributed by atoms with E-state index in [0.29, 0.717) is 18.5 Å². The maximum atomic E-state index is 12.9. The molecule has 2 rings (SSSR count). The van der Waals surface area contributed by atoms with Crippen molar-refractivity contribution in [1.29, 1.82) is 0 Å². The second kappa shape index (κ2) is 9.90. The summed E-state index contributed by atoms with van der Waals surface area (Å²) in [7, 11) is 0. The zero-order chi connectivity index (χ0) is 19.8. The highest BCUT2D eigenvalue weighted by Gasteiger charge is 2.17. The van der Waals surface area contributed by atoms with Crippen LogP contribution in [0.1, 0.15) is 39.4 Å². The van der Waals surface area contributed by atoms with E-state index in [2.05, 4.69) is 30.7 Å². The third kappa shape index (κ3) is 5.42. The number of carbonyl (C=O) groups excluding carboxylic acids is 2. The Morgan fingerprint density at radius 2 is 1.85 bits per heavy atom. The Morgan fingerprint density at radius 3 is 2.48 bits per heavy atom. The SMILES string of the molecule is C=C(C)C(=O)NCCc1nc2ccccc2n1CC(=O)N(CCC)CCC. The van der Waals surface area contributed by atoms with Crippen LogP contribution >= 0.6 is 0 Å². The molecule has 6 heteroatoms. The number of para-hydroxylation sites is 2. The summed E-state index contributed by atoms with van der Waals surface area (Å²) in [5, 5.41) is 2.83. The van der Waals surface area contributed by atoms with Gasteiger partial charge in [0, 0.05) is 31.6 Å². The van der Waals surface area contributed by atoms with Crippen molar-refractivity contribution in [1.82, 2.24) is 19.8 Å². The van der Waals surface area contributed by atoms with Crippen LogP contribution in [-0.2, 0) is 22.6 Å². The zero-order valence-corrected chi connectivity index (χ0v) is 16.6. The molecule has 0 aliphatic heterocycles. The minimum atomic E-state index is -0.161. The number of rotatable bonds is 10. The quantitative estimate of drug-likeness (QED) is 0.654. The summed E-state index contributed by atoms with van der Waals surface area (Å²) < 4.78 is 1.98. The molecule has 0 saturated carbocycles. The second-order valence-electron chi connectivity index (χ2n) is 6.77. The lowest BCUT2D eigenvalue weighted by Gasteiger charge is -2.22. The molecule has 0 fully saturated rings. The predicted octanol–water partition coefficient (Wildman–Crippen LogP) is 2.92. The first-order valence-electron chi connectivity index (χ1n) is 9.63. The van der Waals surface area contributed by atoms with Gasteiger partial charge in [0.25, 0.3) is 0 Å². The number of hydrogen-bond donors (Lipinski definition) is 1. The lowest BCUT2D eigenvalue weighted by molar-refractivity contribution is -0.132. The van der Waals surface area contributed by atoms with E-state index in [-0.39, 0.29) is 18.4 Å². The van der Waals surface area contributed by atoms with Gasteiger partial charge in [-0.3, -0.25) is 9.59 Å². The molecule has 146 valence electrons. The van der Waals surface area contributed by atoms with E-state index in [9.17, 15) is 9.59 Å². The lowest BCUT2D eigenvalue weighted by Crippen LogP contribution is -2.35. The molecular weight excluding hydrogens is 340 g/mol. The highest BCUT2D eigenvalue weighted by molar-refractivity contribution is 5.92. The normalized spacial score (nSPS) is 10.8. The Balaban J connectivity index is 2.21. The van der Waals surface area contributed by atoms with Crippen LogP contribution in [0.4, 0.5) is 0 Å². The first-order chi connectivity index (χ1) is 13.0. The number of carbonyl (C=O) groups is 2. The van der Waals surface area contributed by atoms with Gasteiger partial charge in [0.2, 0.25) is 11.8 Å². The smallest absolute Gasteiger partial charge is 0.246 e. The van der Waals surface area contributed by atoms with Crippen molar-refractivity contribution in [3.63, 3.8) is 0 Å². The number of nitrogens with zero attached hydrogens (tertiary/aromatic N) is 3. The van der Waals surface area contributed by atoms with Crippen LogP contribution in [0.3, 0.4) is 0 Å². The second-order valence-corrected chi connectivity index (χ2v) is 6.77. The number of hydrogen-bond acceptors (Lipinski definition) is 3. The van der Waals surface area contributed by atoms with Gasteiger partial charge in [-0.2, -0.15) is 0 Å². The lowest BCUT2D eigenvalue weighted by atomic mass is 10.3. The van der Waals surface area contributed by atoms with Crippen molar-refractivity contribution in [3.8, 4) is 0 Å². The largest absolute Gasteiger partial charge is 0.352 e. The van der Waals surface area contributed by atoms with Crippen LogP contribution in [0.5, 0.6) is 0 Å². The van der Waals surface area contributed by atoms with Crippen LogP contribution in [-0.4, -0.2) is 45.9 Å². The maximum Gasteiger partial charge on any atom is 0.246 e. The molecule has 0 aliphatic carbocycles. The molecule has 0 aliphatic rings. The van der Waals surface area contributed by atoms with Crippen molar-refractivity contribution < 1.29 is 9.59 Å². The maximum absolute atomic E-state index is 12.9. The minimum Gasteiger partial charge on any atom is -0.352 e. The van der Waals surface area contributed by atoms with E-state index in [1.165, 1.54) is 0 Å². The van der Waals surface area contributed by atoms with Crippen molar-refractivity contribution in [3.05, 3.63) is 42.2 Å². The van der Waals surface area contributed by atoms with E-state index in [4.69, 9.17) is 0 Å². The summed E-state index contributed by atoms with van der Waals surface area (Å²) in [5.74, 6) is 0.749. The fourth-order valence-corrected chi connectivity index (χ4v) is 3.07. The third-order valence-electron chi connectivity index (χ3n) is 4.39. The monoisotopic (exact) mass is 370 g/mol. The number of amides is 2. The van der Waals surface area contributed by atoms with E-state index in [1.54, 1.807) is 6.92 Å². The summed E-state index contributed by atoms with van der Waals surface area (Å²) in [5.41, 5.74) is 2.29. The van der Waals surface area contributed by atoms with Crippen LogP contribution < -0.4 is 5.32 Å². The standard InChI is InChI=1S/C21H30N4O2/c1-5-13-24(14-6-2)20(26)15-25-18-10-8-7-9-17(18)23-19(25)11-12-22-21(27)16(3)4/h7-10H,3,5-6,11-15H2,1-2,4H3,(H,22,27). The number of imidazole rings is 1. The molecule has 1 heterocycles. The summed E-state index contributed by atoms with van der Waals surface area (Å²) in [4.78, 5) is 31.2. The molecule has 2 aromatic rings. The van der Waals surface area contributed by atoms with E-state index in [1.807, 2.05) is 33.7 Å². The summed E-state index contributed by atoms with van der Waals surface area (Å²) in [6, 6.07) is 7.82. The van der Waals surface area contributed by atoms with Crippen molar-refractivity contribution in [2.45, 2.75) is 46.6 Å². The molecule has 0 radical (unpaired) electrons. The predicted molar refractivity (Wildman–Crippen MR) is 108 cm³/mol. The molecular formula is C21H30N4O2. The molecule has 1 aromatic heterocycles.